The SMILES string of the molecule is COc1ccc(NC(=O)COc2ccc(C(=O)Nc3ccc(Cl)cn3)cc2OC)cc1. The van der Waals surface area contributed by atoms with Gasteiger partial charge >= 0.3 is 0 Å². The largest absolute Gasteiger partial charge is 0.497 e. The Balaban J connectivity index is 1.60. The number of methoxy groups -OCH3 is 2. The van der Waals surface area contributed by atoms with Crippen molar-refractivity contribution in [3.8, 4) is 17.2 Å². The van der Waals surface area contributed by atoms with Crippen LogP contribution in [0.1, 0.15) is 10.4 Å². The first-order valence-corrected chi connectivity index (χ1v) is 9.54. The van der Waals surface area contributed by atoms with Crippen molar-refractivity contribution in [2.24, 2.45) is 0 Å². The van der Waals surface area contributed by atoms with Gasteiger partial charge in [0.15, 0.2) is 18.1 Å². The summed E-state index contributed by atoms with van der Waals surface area (Å²) in [5.41, 5.74) is 0.952. The second-order valence-electron chi connectivity index (χ2n) is 6.25. The smallest absolute Gasteiger partial charge is 0.262 e. The van der Waals surface area contributed by atoms with Crippen LogP contribution < -0.4 is 24.8 Å². The van der Waals surface area contributed by atoms with E-state index in [0.717, 1.165) is 0 Å². The van der Waals surface area contributed by atoms with Crippen LogP contribution in [0.2, 0.25) is 5.02 Å². The van der Waals surface area contributed by atoms with Crippen LogP contribution in [0.4, 0.5) is 11.5 Å². The molecule has 0 unspecified atom stereocenters. The predicted octanol–water partition coefficient (Wildman–Crippen LogP) is 4.02. The minimum absolute atomic E-state index is 0.234. The van der Waals surface area contributed by atoms with E-state index in [1.807, 2.05) is 0 Å². The number of pyridine rings is 1. The molecule has 0 spiro atoms. The van der Waals surface area contributed by atoms with Crippen LogP contribution >= 0.6 is 11.6 Å². The van der Waals surface area contributed by atoms with Gasteiger partial charge in [-0.2, -0.15) is 0 Å². The summed E-state index contributed by atoms with van der Waals surface area (Å²) in [6.07, 6.45) is 1.44. The van der Waals surface area contributed by atoms with E-state index in [0.29, 0.717) is 39.3 Å². The van der Waals surface area contributed by atoms with Gasteiger partial charge in [0.2, 0.25) is 0 Å². The van der Waals surface area contributed by atoms with E-state index in [-0.39, 0.29) is 18.4 Å². The topological polar surface area (TPSA) is 98.8 Å². The number of rotatable bonds is 8. The second-order valence-corrected chi connectivity index (χ2v) is 6.68. The zero-order chi connectivity index (χ0) is 22.2. The molecule has 0 radical (unpaired) electrons. The van der Waals surface area contributed by atoms with Crippen LogP contribution in [-0.4, -0.2) is 37.6 Å². The van der Waals surface area contributed by atoms with Gasteiger partial charge in [-0.25, -0.2) is 4.98 Å². The molecule has 31 heavy (non-hydrogen) atoms. The maximum Gasteiger partial charge on any atom is 0.262 e. The summed E-state index contributed by atoms with van der Waals surface area (Å²) in [5.74, 6) is 0.973. The van der Waals surface area contributed by atoms with E-state index in [2.05, 4.69) is 15.6 Å². The molecule has 1 heterocycles. The third-order valence-electron chi connectivity index (χ3n) is 4.13. The Labute approximate surface area is 184 Å². The molecule has 0 saturated heterocycles. The molecule has 0 bridgehead atoms. The van der Waals surface area contributed by atoms with E-state index in [1.54, 1.807) is 55.6 Å². The molecule has 0 saturated carbocycles. The van der Waals surface area contributed by atoms with Gasteiger partial charge in [0.05, 0.1) is 19.2 Å². The molecule has 0 atom stereocenters. The Morgan fingerprint density at radius 2 is 1.71 bits per heavy atom. The standard InChI is InChI=1S/C22H20ClN3O5/c1-29-17-7-5-16(6-8-17)25-21(27)13-31-18-9-3-14(11-19(18)30-2)22(28)26-20-10-4-15(23)12-24-20/h3-12H,13H2,1-2H3,(H,25,27)(H,24,26,28). The molecule has 1 aromatic heterocycles. The minimum atomic E-state index is -0.378. The first-order chi connectivity index (χ1) is 15.0. The fourth-order valence-corrected chi connectivity index (χ4v) is 2.69. The molecule has 2 aromatic carbocycles. The number of hydrogen-bond donors (Lipinski definition) is 2. The fraction of sp³-hybridized carbons (Fsp3) is 0.136. The molecular weight excluding hydrogens is 422 g/mol. The van der Waals surface area contributed by atoms with Crippen molar-refractivity contribution in [2.45, 2.75) is 0 Å². The average Bonchev–Trinajstić information content (AvgIpc) is 2.79. The molecule has 3 rings (SSSR count). The highest BCUT2D eigenvalue weighted by molar-refractivity contribution is 6.30. The lowest BCUT2D eigenvalue weighted by Gasteiger charge is -2.12. The monoisotopic (exact) mass is 441 g/mol. The number of halogens is 1. The second kappa shape index (κ2) is 10.3. The molecule has 8 nitrogen and oxygen atoms in total. The normalized spacial score (nSPS) is 10.2. The van der Waals surface area contributed by atoms with Crippen LogP contribution in [-0.2, 0) is 4.79 Å². The first kappa shape index (κ1) is 21.9. The Morgan fingerprint density at radius 1 is 0.935 bits per heavy atom. The van der Waals surface area contributed by atoms with Gasteiger partial charge in [-0.15, -0.1) is 0 Å². The Kier molecular flexibility index (Phi) is 7.29. The number of hydrogen-bond acceptors (Lipinski definition) is 6. The number of nitrogens with one attached hydrogen (secondary N) is 2. The predicted molar refractivity (Wildman–Crippen MR) is 117 cm³/mol. The van der Waals surface area contributed by atoms with E-state index < -0.39 is 0 Å². The lowest BCUT2D eigenvalue weighted by molar-refractivity contribution is -0.118. The zero-order valence-electron chi connectivity index (χ0n) is 16.8. The highest BCUT2D eigenvalue weighted by Gasteiger charge is 2.13. The van der Waals surface area contributed by atoms with Crippen LogP contribution in [0.5, 0.6) is 17.2 Å². The molecule has 9 heteroatoms. The summed E-state index contributed by atoms with van der Waals surface area (Å²) in [7, 11) is 3.01. The highest BCUT2D eigenvalue weighted by atomic mass is 35.5. The van der Waals surface area contributed by atoms with Gasteiger partial charge in [0.25, 0.3) is 11.8 Å². The lowest BCUT2D eigenvalue weighted by Crippen LogP contribution is -2.20. The van der Waals surface area contributed by atoms with Gasteiger partial charge < -0.3 is 24.8 Å². The van der Waals surface area contributed by atoms with Crippen molar-refractivity contribution in [2.75, 3.05) is 31.5 Å². The highest BCUT2D eigenvalue weighted by Crippen LogP contribution is 2.28. The molecule has 0 aliphatic rings. The van der Waals surface area contributed by atoms with E-state index in [4.69, 9.17) is 25.8 Å². The summed E-state index contributed by atoms with van der Waals surface area (Å²) in [6.45, 7) is -0.234. The van der Waals surface area contributed by atoms with E-state index in [9.17, 15) is 9.59 Å². The molecular formula is C22H20ClN3O5. The first-order valence-electron chi connectivity index (χ1n) is 9.16. The number of benzene rings is 2. The molecule has 2 N–H and O–H groups in total. The summed E-state index contributed by atoms with van der Waals surface area (Å²) < 4.78 is 15.9. The summed E-state index contributed by atoms with van der Waals surface area (Å²) in [5, 5.41) is 5.85. The van der Waals surface area contributed by atoms with Gasteiger partial charge in [-0.3, -0.25) is 9.59 Å². The Morgan fingerprint density at radius 3 is 2.35 bits per heavy atom. The third-order valence-corrected chi connectivity index (χ3v) is 4.35. The number of carbonyl (C=O) groups is 2. The Hall–Kier alpha value is -3.78. The summed E-state index contributed by atoms with van der Waals surface area (Å²) >= 11 is 5.79. The fourth-order valence-electron chi connectivity index (χ4n) is 2.58. The Bertz CT molecular complexity index is 1060. The number of nitrogens with zero attached hydrogens (tertiary/aromatic N) is 1. The van der Waals surface area contributed by atoms with Gasteiger partial charge in [0, 0.05) is 17.4 Å². The number of carbonyl (C=O) groups excluding carboxylic acids is 2. The number of amides is 2. The summed E-state index contributed by atoms with van der Waals surface area (Å²) in [4.78, 5) is 28.6. The van der Waals surface area contributed by atoms with Gasteiger partial charge in [-0.1, -0.05) is 11.6 Å². The van der Waals surface area contributed by atoms with Crippen molar-refractivity contribution < 1.29 is 23.8 Å². The number of anilines is 2. The molecule has 0 aliphatic carbocycles. The zero-order valence-corrected chi connectivity index (χ0v) is 17.6. The van der Waals surface area contributed by atoms with Gasteiger partial charge in [0.1, 0.15) is 11.6 Å². The van der Waals surface area contributed by atoms with Crippen molar-refractivity contribution in [3.63, 3.8) is 0 Å². The molecule has 160 valence electrons. The van der Waals surface area contributed by atoms with Crippen molar-refractivity contribution in [1.29, 1.82) is 0 Å². The van der Waals surface area contributed by atoms with Crippen LogP contribution in [0.3, 0.4) is 0 Å². The quantitative estimate of drug-likeness (QED) is 0.547. The summed E-state index contributed by atoms with van der Waals surface area (Å²) in [6, 6.07) is 14.8. The molecule has 2 amide bonds. The van der Waals surface area contributed by atoms with Crippen molar-refractivity contribution in [1.82, 2.24) is 4.98 Å². The average molecular weight is 442 g/mol. The van der Waals surface area contributed by atoms with Crippen LogP contribution in [0, 0.1) is 0 Å². The van der Waals surface area contributed by atoms with Crippen LogP contribution in [0.15, 0.2) is 60.8 Å². The maximum atomic E-state index is 12.4. The van der Waals surface area contributed by atoms with Crippen molar-refractivity contribution >= 4 is 34.9 Å². The minimum Gasteiger partial charge on any atom is -0.497 e. The van der Waals surface area contributed by atoms with E-state index >= 15 is 0 Å². The molecule has 3 aromatic rings. The lowest BCUT2D eigenvalue weighted by atomic mass is 10.2. The van der Waals surface area contributed by atoms with Crippen LogP contribution in [0.25, 0.3) is 0 Å². The number of aromatic nitrogens is 1. The maximum absolute atomic E-state index is 12.4. The number of ether oxygens (including phenoxy) is 3. The van der Waals surface area contributed by atoms with Gasteiger partial charge in [-0.05, 0) is 54.6 Å². The molecule has 0 aliphatic heterocycles. The van der Waals surface area contributed by atoms with Crippen molar-refractivity contribution in [3.05, 3.63) is 71.4 Å². The third kappa shape index (κ3) is 6.10. The molecule has 0 fully saturated rings. The van der Waals surface area contributed by atoms with E-state index in [1.165, 1.54) is 19.4 Å².